The van der Waals surface area contributed by atoms with Crippen LogP contribution in [-0.2, 0) is 9.84 Å². The molecule has 1 fully saturated rings. The fourth-order valence-electron chi connectivity index (χ4n) is 3.01. The molecular weight excluding hydrogens is 402 g/mol. The van der Waals surface area contributed by atoms with Crippen molar-refractivity contribution in [3.05, 3.63) is 63.6 Å². The first-order chi connectivity index (χ1) is 10.8. The van der Waals surface area contributed by atoms with Gasteiger partial charge in [0.2, 0.25) is 0 Å². The number of benzene rings is 2. The number of aliphatic hydroxyl groups excluding tert-OH is 1. The number of nitrogens with two attached hydrogens (primary N) is 1. The zero-order valence-electron chi connectivity index (χ0n) is 12.0. The van der Waals surface area contributed by atoms with E-state index in [9.17, 15) is 13.5 Å². The van der Waals surface area contributed by atoms with Crippen molar-refractivity contribution in [3.63, 3.8) is 0 Å². The molecule has 4 nitrogen and oxygen atoms in total. The number of aliphatic hydroxyl groups is 1. The Labute approximate surface area is 148 Å². The predicted octanol–water partition coefficient (Wildman–Crippen LogP) is 2.73. The maximum Gasteiger partial charge on any atom is 0.183 e. The van der Waals surface area contributed by atoms with Crippen LogP contribution in [0.1, 0.15) is 11.5 Å². The maximum absolute atomic E-state index is 12.9. The van der Waals surface area contributed by atoms with Gasteiger partial charge in [0.15, 0.2) is 9.84 Å². The molecule has 0 spiro atoms. The molecule has 0 bridgehead atoms. The largest absolute Gasteiger partial charge is 0.394 e. The van der Waals surface area contributed by atoms with E-state index in [-0.39, 0.29) is 4.90 Å². The van der Waals surface area contributed by atoms with E-state index in [1.807, 2.05) is 24.3 Å². The van der Waals surface area contributed by atoms with E-state index >= 15 is 0 Å². The van der Waals surface area contributed by atoms with Crippen LogP contribution in [0, 0.1) is 0 Å². The standard InChI is InChI=1S/C16H15BrClNO3S/c17-11-3-1-10(2-4-11)14-15(16(14,19)9-20)23(21,22)13-7-5-12(18)6-8-13/h1-8,14-15,20H,9,19H2/t14-,15+,16+/m1/s1. The molecule has 2 aromatic rings. The monoisotopic (exact) mass is 415 g/mol. The topological polar surface area (TPSA) is 80.4 Å². The van der Waals surface area contributed by atoms with Gasteiger partial charge in [-0.3, -0.25) is 0 Å². The number of halogens is 2. The lowest BCUT2D eigenvalue weighted by Gasteiger charge is -2.08. The van der Waals surface area contributed by atoms with Crippen LogP contribution in [0.5, 0.6) is 0 Å². The maximum atomic E-state index is 12.9. The van der Waals surface area contributed by atoms with Crippen LogP contribution in [-0.4, -0.2) is 30.9 Å². The summed E-state index contributed by atoms with van der Waals surface area (Å²) in [6.07, 6.45) is 0. The lowest BCUT2D eigenvalue weighted by molar-refractivity contribution is 0.253. The van der Waals surface area contributed by atoms with Crippen LogP contribution >= 0.6 is 27.5 Å². The minimum absolute atomic E-state index is 0.162. The van der Waals surface area contributed by atoms with Crippen molar-refractivity contribution in [3.8, 4) is 0 Å². The zero-order chi connectivity index (χ0) is 16.8. The molecule has 7 heteroatoms. The van der Waals surface area contributed by atoms with Crippen molar-refractivity contribution in [2.45, 2.75) is 21.6 Å². The molecule has 2 aromatic carbocycles. The van der Waals surface area contributed by atoms with Crippen LogP contribution in [0.4, 0.5) is 0 Å². The third-order valence-electron chi connectivity index (χ3n) is 4.28. The van der Waals surface area contributed by atoms with Crippen molar-refractivity contribution in [1.29, 1.82) is 0 Å². The highest BCUT2D eigenvalue weighted by molar-refractivity contribution is 9.10. The van der Waals surface area contributed by atoms with Crippen LogP contribution in [0.2, 0.25) is 5.02 Å². The van der Waals surface area contributed by atoms with Crippen molar-refractivity contribution in [2.75, 3.05) is 6.61 Å². The van der Waals surface area contributed by atoms with Gasteiger partial charge in [-0.1, -0.05) is 39.7 Å². The highest BCUT2D eigenvalue weighted by atomic mass is 79.9. The second-order valence-corrected chi connectivity index (χ2v) is 9.14. The Balaban J connectivity index is 2.01. The minimum atomic E-state index is -3.67. The van der Waals surface area contributed by atoms with Gasteiger partial charge in [0.25, 0.3) is 0 Å². The SMILES string of the molecule is N[C@@]1(CO)[C@H](c2ccc(Br)cc2)[C@@H]1S(=O)(=O)c1ccc(Cl)cc1. The molecule has 0 heterocycles. The second-order valence-electron chi connectivity index (χ2n) is 5.72. The molecule has 1 aliphatic carbocycles. The Morgan fingerprint density at radius 2 is 1.70 bits per heavy atom. The summed E-state index contributed by atoms with van der Waals surface area (Å²) in [5, 5.41) is 9.26. The molecule has 0 saturated heterocycles. The fraction of sp³-hybridized carbons (Fsp3) is 0.250. The molecular formula is C16H15BrClNO3S. The van der Waals surface area contributed by atoms with E-state index in [1.165, 1.54) is 24.3 Å². The second kappa shape index (κ2) is 5.86. The van der Waals surface area contributed by atoms with Gasteiger partial charge in [0.1, 0.15) is 0 Å². The molecule has 3 atom stereocenters. The quantitative estimate of drug-likeness (QED) is 0.803. The van der Waals surface area contributed by atoms with Gasteiger partial charge in [0.05, 0.1) is 22.3 Å². The average Bonchev–Trinajstić information content (AvgIpc) is 3.16. The van der Waals surface area contributed by atoms with Crippen molar-refractivity contribution in [1.82, 2.24) is 0 Å². The Morgan fingerprint density at radius 1 is 1.13 bits per heavy atom. The number of sulfone groups is 1. The first-order valence-corrected chi connectivity index (χ1v) is 9.67. The molecule has 0 aliphatic heterocycles. The third-order valence-corrected chi connectivity index (χ3v) is 7.37. The van der Waals surface area contributed by atoms with E-state index in [2.05, 4.69) is 15.9 Å². The zero-order valence-corrected chi connectivity index (χ0v) is 15.1. The Kier molecular flexibility index (Phi) is 4.31. The summed E-state index contributed by atoms with van der Waals surface area (Å²) in [5.74, 6) is -0.443. The fourth-order valence-corrected chi connectivity index (χ4v) is 5.69. The molecule has 0 aromatic heterocycles. The van der Waals surface area contributed by atoms with E-state index in [4.69, 9.17) is 17.3 Å². The van der Waals surface area contributed by atoms with Gasteiger partial charge in [-0.05, 0) is 42.0 Å². The Bertz CT molecular complexity index is 823. The molecule has 0 amide bonds. The summed E-state index contributed by atoms with van der Waals surface area (Å²) in [6.45, 7) is -0.398. The van der Waals surface area contributed by atoms with Crippen LogP contribution < -0.4 is 5.73 Å². The molecule has 1 saturated carbocycles. The minimum Gasteiger partial charge on any atom is -0.394 e. The summed E-state index contributed by atoms with van der Waals surface area (Å²) in [6, 6.07) is 13.3. The van der Waals surface area contributed by atoms with E-state index in [1.54, 1.807) is 0 Å². The van der Waals surface area contributed by atoms with Gasteiger partial charge in [-0.25, -0.2) is 8.42 Å². The normalized spacial score (nSPS) is 27.0. The van der Waals surface area contributed by atoms with Crippen molar-refractivity contribution < 1.29 is 13.5 Å². The van der Waals surface area contributed by atoms with Crippen LogP contribution in [0.3, 0.4) is 0 Å². The highest BCUT2D eigenvalue weighted by Crippen LogP contribution is 2.55. The summed E-state index contributed by atoms with van der Waals surface area (Å²) in [5.41, 5.74) is 5.81. The van der Waals surface area contributed by atoms with Crippen LogP contribution in [0.25, 0.3) is 0 Å². The predicted molar refractivity (Wildman–Crippen MR) is 93.3 cm³/mol. The number of hydrogen-bond donors (Lipinski definition) is 2. The van der Waals surface area contributed by atoms with Crippen LogP contribution in [0.15, 0.2) is 57.9 Å². The van der Waals surface area contributed by atoms with E-state index in [0.717, 1.165) is 10.0 Å². The van der Waals surface area contributed by atoms with Gasteiger partial charge in [-0.2, -0.15) is 0 Å². The van der Waals surface area contributed by atoms with Gasteiger partial charge >= 0.3 is 0 Å². The first kappa shape index (κ1) is 16.9. The molecule has 23 heavy (non-hydrogen) atoms. The lowest BCUT2D eigenvalue weighted by Crippen LogP contribution is -2.35. The van der Waals surface area contributed by atoms with E-state index < -0.39 is 33.2 Å². The lowest BCUT2D eigenvalue weighted by atomic mass is 10.1. The molecule has 0 radical (unpaired) electrons. The summed E-state index contributed by atoms with van der Waals surface area (Å²) < 4.78 is 26.7. The number of hydrogen-bond acceptors (Lipinski definition) is 4. The van der Waals surface area contributed by atoms with Gasteiger partial charge < -0.3 is 10.8 Å². The molecule has 1 aliphatic rings. The molecule has 122 valence electrons. The Hall–Kier alpha value is -0.920. The highest BCUT2D eigenvalue weighted by Gasteiger charge is 2.69. The average molecular weight is 417 g/mol. The first-order valence-electron chi connectivity index (χ1n) is 6.95. The molecule has 3 rings (SSSR count). The van der Waals surface area contributed by atoms with Crippen molar-refractivity contribution >= 4 is 37.4 Å². The summed E-state index contributed by atoms with van der Waals surface area (Å²) in [7, 11) is -3.67. The third kappa shape index (κ3) is 2.83. The van der Waals surface area contributed by atoms with E-state index in [0.29, 0.717) is 5.02 Å². The molecule has 3 N–H and O–H groups in total. The van der Waals surface area contributed by atoms with Crippen molar-refractivity contribution in [2.24, 2.45) is 5.73 Å². The smallest absolute Gasteiger partial charge is 0.183 e. The Morgan fingerprint density at radius 3 is 2.22 bits per heavy atom. The summed E-state index contributed by atoms with van der Waals surface area (Å²) in [4.78, 5) is 0.162. The summed E-state index contributed by atoms with van der Waals surface area (Å²) >= 11 is 9.16. The molecule has 0 unspecified atom stereocenters. The van der Waals surface area contributed by atoms with Gasteiger partial charge in [0, 0.05) is 15.4 Å². The van der Waals surface area contributed by atoms with Gasteiger partial charge in [-0.15, -0.1) is 0 Å². The number of rotatable bonds is 4.